The second kappa shape index (κ2) is 6.25. The third-order valence-corrected chi connectivity index (χ3v) is 4.75. The Kier molecular flexibility index (Phi) is 3.93. The Morgan fingerprint density at radius 2 is 1.92 bits per heavy atom. The minimum Gasteiger partial charge on any atom is -0.454 e. The molecule has 0 radical (unpaired) electrons. The molecule has 0 saturated carbocycles. The number of rotatable bonds is 3. The van der Waals surface area contributed by atoms with E-state index in [0.717, 1.165) is 16.0 Å². The molecule has 0 aliphatic carbocycles. The molecule has 0 bridgehead atoms. The molecule has 25 heavy (non-hydrogen) atoms. The van der Waals surface area contributed by atoms with E-state index in [1.807, 2.05) is 37.4 Å². The molecule has 3 aromatic rings. The number of nitrogens with zero attached hydrogens (tertiary/aromatic N) is 2. The summed E-state index contributed by atoms with van der Waals surface area (Å²) in [4.78, 5) is 22.3. The summed E-state index contributed by atoms with van der Waals surface area (Å²) in [6, 6.07) is 11.1. The molecule has 4 rings (SSSR count). The lowest BCUT2D eigenvalue weighted by atomic mass is 10.1. The summed E-state index contributed by atoms with van der Waals surface area (Å²) in [5.41, 5.74) is 2.06. The lowest BCUT2D eigenvalue weighted by molar-refractivity contribution is 0.102. The summed E-state index contributed by atoms with van der Waals surface area (Å²) >= 11 is 1.52. The average Bonchev–Trinajstić information content (AvgIpc) is 3.07. The van der Waals surface area contributed by atoms with Gasteiger partial charge in [0.25, 0.3) is 5.91 Å². The Morgan fingerprint density at radius 3 is 2.72 bits per heavy atom. The number of hydrogen-bond donors (Lipinski definition) is 1. The minimum absolute atomic E-state index is 0.202. The van der Waals surface area contributed by atoms with Crippen molar-refractivity contribution in [3.8, 4) is 11.5 Å². The Labute approximate surface area is 148 Å². The summed E-state index contributed by atoms with van der Waals surface area (Å²) in [6.07, 6.45) is 1.94. The van der Waals surface area contributed by atoms with Crippen molar-refractivity contribution >= 4 is 34.5 Å². The van der Waals surface area contributed by atoms with Gasteiger partial charge < -0.3 is 9.47 Å². The fraction of sp³-hybridized carbons (Fsp3) is 0.167. The van der Waals surface area contributed by atoms with Gasteiger partial charge in [0, 0.05) is 16.3 Å². The fourth-order valence-corrected chi connectivity index (χ4v) is 3.32. The number of benzene rings is 2. The molecule has 6 nitrogen and oxygen atoms in total. The van der Waals surface area contributed by atoms with E-state index in [4.69, 9.17) is 9.47 Å². The van der Waals surface area contributed by atoms with Crippen LogP contribution in [0.5, 0.6) is 11.5 Å². The van der Waals surface area contributed by atoms with Crippen LogP contribution in [0, 0.1) is 6.92 Å². The van der Waals surface area contributed by atoms with Gasteiger partial charge in [-0.2, -0.15) is 0 Å². The first-order valence-corrected chi connectivity index (χ1v) is 8.90. The van der Waals surface area contributed by atoms with E-state index >= 15 is 0 Å². The first kappa shape index (κ1) is 15.7. The molecule has 7 heteroatoms. The molecule has 1 aromatic heterocycles. The van der Waals surface area contributed by atoms with Gasteiger partial charge in [-0.3, -0.25) is 10.1 Å². The van der Waals surface area contributed by atoms with Crippen LogP contribution >= 0.6 is 11.8 Å². The van der Waals surface area contributed by atoms with Crippen LogP contribution in [0.2, 0.25) is 0 Å². The molecule has 0 atom stereocenters. The van der Waals surface area contributed by atoms with Crippen molar-refractivity contribution < 1.29 is 14.3 Å². The van der Waals surface area contributed by atoms with Gasteiger partial charge in [0.2, 0.25) is 12.7 Å². The molecule has 1 N–H and O–H groups in total. The highest BCUT2D eigenvalue weighted by Crippen LogP contribution is 2.36. The molecule has 2 heterocycles. The molecule has 1 aliphatic heterocycles. The minimum atomic E-state index is -0.232. The predicted molar refractivity (Wildman–Crippen MR) is 96.6 cm³/mol. The van der Waals surface area contributed by atoms with E-state index in [0.29, 0.717) is 22.6 Å². The fourth-order valence-electron chi connectivity index (χ4n) is 2.73. The smallest absolute Gasteiger partial charge is 0.259 e. The number of fused-ring (bicyclic) bond motifs is 2. The highest BCUT2D eigenvalue weighted by Gasteiger charge is 2.18. The van der Waals surface area contributed by atoms with Crippen LogP contribution in [0.4, 0.5) is 5.95 Å². The summed E-state index contributed by atoms with van der Waals surface area (Å²) in [6.45, 7) is 2.07. The van der Waals surface area contributed by atoms with Crippen LogP contribution in [0.3, 0.4) is 0 Å². The maximum absolute atomic E-state index is 12.6. The number of ether oxygens (including phenoxy) is 2. The highest BCUT2D eigenvalue weighted by atomic mass is 32.2. The normalized spacial score (nSPS) is 12.4. The Hall–Kier alpha value is -2.80. The van der Waals surface area contributed by atoms with Gasteiger partial charge in [-0.15, -0.1) is 11.8 Å². The van der Waals surface area contributed by atoms with Crippen LogP contribution in [-0.4, -0.2) is 28.9 Å². The first-order chi connectivity index (χ1) is 12.2. The molecular weight excluding hydrogens is 338 g/mol. The van der Waals surface area contributed by atoms with E-state index < -0.39 is 0 Å². The molecular formula is C18H15N3O3S. The number of aromatic nitrogens is 2. The maximum atomic E-state index is 12.6. The number of carbonyl (C=O) groups excluding carboxylic acids is 1. The molecule has 0 unspecified atom stereocenters. The average molecular weight is 353 g/mol. The van der Waals surface area contributed by atoms with Gasteiger partial charge in [-0.1, -0.05) is 12.1 Å². The van der Waals surface area contributed by atoms with Gasteiger partial charge in [0.1, 0.15) is 0 Å². The third-order valence-electron chi connectivity index (χ3n) is 3.96. The van der Waals surface area contributed by atoms with Crippen molar-refractivity contribution in [1.29, 1.82) is 0 Å². The lowest BCUT2D eigenvalue weighted by Gasteiger charge is -2.09. The highest BCUT2D eigenvalue weighted by molar-refractivity contribution is 7.98. The third kappa shape index (κ3) is 2.87. The zero-order valence-electron chi connectivity index (χ0n) is 13.7. The summed E-state index contributed by atoms with van der Waals surface area (Å²) < 4.78 is 10.8. The van der Waals surface area contributed by atoms with E-state index in [9.17, 15) is 4.79 Å². The summed E-state index contributed by atoms with van der Waals surface area (Å²) in [7, 11) is 0. The number of hydrogen-bond acceptors (Lipinski definition) is 6. The van der Waals surface area contributed by atoms with Crippen LogP contribution in [0.1, 0.15) is 16.1 Å². The van der Waals surface area contributed by atoms with Crippen molar-refractivity contribution in [2.24, 2.45) is 0 Å². The monoisotopic (exact) mass is 353 g/mol. The number of thioether (sulfide) groups is 1. The summed E-state index contributed by atoms with van der Waals surface area (Å²) in [5, 5.41) is 3.65. The predicted octanol–water partition coefficient (Wildman–Crippen LogP) is 3.64. The molecule has 1 amide bonds. The standard InChI is InChI=1S/C18H15N3O3S/c1-10-12-7-14-15(24-9-23-14)8-13(12)20-18(19-10)21-17(22)11-5-3-4-6-16(11)25-2/h3-8H,9H2,1-2H3,(H,19,20,21,22). The quantitative estimate of drug-likeness (QED) is 0.725. The Morgan fingerprint density at radius 1 is 1.16 bits per heavy atom. The van der Waals surface area contributed by atoms with Crippen molar-refractivity contribution in [1.82, 2.24) is 9.97 Å². The second-order valence-corrected chi connectivity index (χ2v) is 6.36. The van der Waals surface area contributed by atoms with E-state index in [-0.39, 0.29) is 18.6 Å². The van der Waals surface area contributed by atoms with Crippen molar-refractivity contribution in [2.75, 3.05) is 18.4 Å². The van der Waals surface area contributed by atoms with E-state index in [2.05, 4.69) is 15.3 Å². The van der Waals surface area contributed by atoms with Gasteiger partial charge in [0.15, 0.2) is 11.5 Å². The van der Waals surface area contributed by atoms with Gasteiger partial charge in [-0.05, 0) is 31.4 Å². The Balaban J connectivity index is 1.70. The molecule has 126 valence electrons. The molecule has 2 aromatic carbocycles. The van der Waals surface area contributed by atoms with Crippen molar-refractivity contribution in [3.63, 3.8) is 0 Å². The van der Waals surface area contributed by atoms with Gasteiger partial charge in [-0.25, -0.2) is 9.97 Å². The molecule has 1 aliphatic rings. The van der Waals surface area contributed by atoms with Gasteiger partial charge in [0.05, 0.1) is 16.8 Å². The SMILES string of the molecule is CSc1ccccc1C(=O)Nc1nc(C)c2cc3c(cc2n1)OCO3. The number of carbonyl (C=O) groups is 1. The van der Waals surface area contributed by atoms with E-state index in [1.54, 1.807) is 12.1 Å². The molecule has 0 fully saturated rings. The van der Waals surface area contributed by atoms with Crippen molar-refractivity contribution in [2.45, 2.75) is 11.8 Å². The maximum Gasteiger partial charge on any atom is 0.259 e. The number of aryl methyl sites for hydroxylation is 1. The van der Waals surface area contributed by atoms with Gasteiger partial charge >= 0.3 is 0 Å². The second-order valence-electron chi connectivity index (χ2n) is 5.51. The van der Waals surface area contributed by atoms with Crippen LogP contribution in [0.15, 0.2) is 41.3 Å². The largest absolute Gasteiger partial charge is 0.454 e. The lowest BCUT2D eigenvalue weighted by Crippen LogP contribution is -2.15. The first-order valence-electron chi connectivity index (χ1n) is 7.68. The topological polar surface area (TPSA) is 73.3 Å². The van der Waals surface area contributed by atoms with Crippen LogP contribution < -0.4 is 14.8 Å². The van der Waals surface area contributed by atoms with Crippen molar-refractivity contribution in [3.05, 3.63) is 47.7 Å². The summed E-state index contributed by atoms with van der Waals surface area (Å²) in [5.74, 6) is 1.37. The number of nitrogens with one attached hydrogen (secondary N) is 1. The van der Waals surface area contributed by atoms with E-state index in [1.165, 1.54) is 11.8 Å². The number of amides is 1. The molecule has 0 saturated heterocycles. The molecule has 0 spiro atoms. The zero-order chi connectivity index (χ0) is 17.4. The zero-order valence-corrected chi connectivity index (χ0v) is 14.5. The van der Waals surface area contributed by atoms with Crippen LogP contribution in [0.25, 0.3) is 10.9 Å². The Bertz CT molecular complexity index is 991. The van der Waals surface area contributed by atoms with Crippen LogP contribution in [-0.2, 0) is 0 Å². The number of anilines is 1.